The Morgan fingerprint density at radius 3 is 2.33 bits per heavy atom. The van der Waals surface area contributed by atoms with Crippen LogP contribution in [0.3, 0.4) is 0 Å². The molecule has 2 N–H and O–H groups in total. The first kappa shape index (κ1) is 14.4. The molecule has 1 unspecified atom stereocenters. The van der Waals surface area contributed by atoms with Crippen LogP contribution in [0, 0.1) is 0 Å². The molecule has 0 aromatic carbocycles. The average Bonchev–Trinajstić information content (AvgIpc) is 2.18. The van der Waals surface area contributed by atoms with Crippen LogP contribution in [-0.2, 0) is 9.53 Å². The van der Waals surface area contributed by atoms with E-state index in [2.05, 4.69) is 25.7 Å². The van der Waals surface area contributed by atoms with Crippen molar-refractivity contribution in [2.24, 2.45) is 5.73 Å². The quantitative estimate of drug-likeness (QED) is 0.645. The summed E-state index contributed by atoms with van der Waals surface area (Å²) in [5, 5.41) is 0. The molecule has 90 valence electrons. The monoisotopic (exact) mass is 216 g/mol. The fraction of sp³-hybridized carbons (Fsp3) is 0.909. The first-order valence-electron chi connectivity index (χ1n) is 5.68. The zero-order chi connectivity index (χ0) is 11.8. The Labute approximate surface area is 92.8 Å². The summed E-state index contributed by atoms with van der Waals surface area (Å²) in [6.45, 7) is 9.38. The summed E-state index contributed by atoms with van der Waals surface area (Å²) >= 11 is 0. The van der Waals surface area contributed by atoms with E-state index >= 15 is 0 Å². The Morgan fingerprint density at radius 1 is 1.40 bits per heavy atom. The van der Waals surface area contributed by atoms with Gasteiger partial charge in [-0.1, -0.05) is 6.92 Å². The fourth-order valence-corrected chi connectivity index (χ4v) is 1.63. The molecule has 0 bridgehead atoms. The van der Waals surface area contributed by atoms with Gasteiger partial charge in [-0.3, -0.25) is 9.69 Å². The van der Waals surface area contributed by atoms with E-state index in [-0.39, 0.29) is 12.0 Å². The van der Waals surface area contributed by atoms with Crippen LogP contribution in [0.25, 0.3) is 0 Å². The third-order valence-corrected chi connectivity index (χ3v) is 2.49. The maximum Gasteiger partial charge on any atom is 0.320 e. The second-order valence-corrected chi connectivity index (χ2v) is 3.87. The molecule has 0 aliphatic heterocycles. The van der Waals surface area contributed by atoms with Crippen LogP contribution in [0.15, 0.2) is 0 Å². The van der Waals surface area contributed by atoms with E-state index in [0.717, 1.165) is 6.42 Å². The molecule has 0 heterocycles. The van der Waals surface area contributed by atoms with Gasteiger partial charge in [0, 0.05) is 18.6 Å². The third kappa shape index (κ3) is 5.14. The molecule has 0 aliphatic rings. The minimum Gasteiger partial charge on any atom is -0.465 e. The predicted molar refractivity (Wildman–Crippen MR) is 61.6 cm³/mol. The van der Waals surface area contributed by atoms with Crippen LogP contribution < -0.4 is 5.73 Å². The van der Waals surface area contributed by atoms with Crippen LogP contribution in [0.4, 0.5) is 0 Å². The smallest absolute Gasteiger partial charge is 0.320 e. The van der Waals surface area contributed by atoms with Gasteiger partial charge < -0.3 is 10.5 Å². The number of rotatable bonds is 7. The van der Waals surface area contributed by atoms with Gasteiger partial charge in [-0.25, -0.2) is 0 Å². The highest BCUT2D eigenvalue weighted by Crippen LogP contribution is 2.08. The lowest BCUT2D eigenvalue weighted by molar-refractivity contribution is -0.145. The van der Waals surface area contributed by atoms with Crippen molar-refractivity contribution in [2.75, 3.05) is 19.7 Å². The molecule has 0 fully saturated rings. The number of hydrogen-bond donors (Lipinski definition) is 1. The molecule has 0 amide bonds. The van der Waals surface area contributed by atoms with E-state index in [9.17, 15) is 4.79 Å². The molecular weight excluding hydrogens is 192 g/mol. The molecule has 0 saturated carbocycles. The summed E-state index contributed by atoms with van der Waals surface area (Å²) in [7, 11) is 0. The van der Waals surface area contributed by atoms with Crippen LogP contribution in [-0.4, -0.2) is 42.6 Å². The van der Waals surface area contributed by atoms with Crippen LogP contribution >= 0.6 is 0 Å². The van der Waals surface area contributed by atoms with Crippen molar-refractivity contribution in [2.45, 2.75) is 46.2 Å². The van der Waals surface area contributed by atoms with E-state index in [0.29, 0.717) is 25.7 Å². The van der Waals surface area contributed by atoms with E-state index in [4.69, 9.17) is 10.5 Å². The summed E-state index contributed by atoms with van der Waals surface area (Å²) in [6.07, 6.45) is 0.952. The highest BCUT2D eigenvalue weighted by Gasteiger charge is 2.21. The van der Waals surface area contributed by atoms with Crippen molar-refractivity contribution in [3.63, 3.8) is 0 Å². The number of esters is 1. The Balaban J connectivity index is 4.32. The lowest BCUT2D eigenvalue weighted by Gasteiger charge is -2.32. The summed E-state index contributed by atoms with van der Waals surface area (Å²) in [5.74, 6) is -0.168. The molecule has 0 saturated heterocycles. The van der Waals surface area contributed by atoms with Gasteiger partial charge in [-0.15, -0.1) is 0 Å². The van der Waals surface area contributed by atoms with Gasteiger partial charge in [0.15, 0.2) is 0 Å². The first-order chi connectivity index (χ1) is 7.06. The maximum absolute atomic E-state index is 11.4. The molecule has 1 atom stereocenters. The van der Waals surface area contributed by atoms with Gasteiger partial charge in [0.2, 0.25) is 0 Å². The zero-order valence-corrected chi connectivity index (χ0v) is 10.3. The number of ether oxygens (including phenoxy) is 1. The Hall–Kier alpha value is -0.610. The molecule has 0 spiro atoms. The van der Waals surface area contributed by atoms with Gasteiger partial charge >= 0.3 is 5.97 Å². The van der Waals surface area contributed by atoms with Crippen molar-refractivity contribution >= 4 is 5.97 Å². The third-order valence-electron chi connectivity index (χ3n) is 2.49. The van der Waals surface area contributed by atoms with E-state index in [1.54, 1.807) is 0 Å². The largest absolute Gasteiger partial charge is 0.465 e. The van der Waals surface area contributed by atoms with E-state index in [1.807, 2.05) is 6.92 Å². The standard InChI is InChI=1S/C11H24N2O2/c1-5-10(7-12)13(9(3)4)8-11(14)15-6-2/h9-10H,5-8,12H2,1-4H3. The normalized spacial score (nSPS) is 13.3. The van der Waals surface area contributed by atoms with Crippen molar-refractivity contribution in [3.8, 4) is 0 Å². The molecule has 0 aromatic heterocycles. The van der Waals surface area contributed by atoms with Gasteiger partial charge in [-0.05, 0) is 27.2 Å². The summed E-state index contributed by atoms with van der Waals surface area (Å²) < 4.78 is 4.94. The minimum atomic E-state index is -0.168. The molecule has 15 heavy (non-hydrogen) atoms. The Bertz CT molecular complexity index is 179. The zero-order valence-electron chi connectivity index (χ0n) is 10.3. The SMILES string of the molecule is CCOC(=O)CN(C(C)C)C(CC)CN. The number of nitrogens with two attached hydrogens (primary N) is 1. The predicted octanol–water partition coefficient (Wildman–Crippen LogP) is 0.997. The maximum atomic E-state index is 11.4. The summed E-state index contributed by atoms with van der Waals surface area (Å²) in [6, 6.07) is 0.567. The van der Waals surface area contributed by atoms with E-state index < -0.39 is 0 Å². The molecular formula is C11H24N2O2. The molecule has 0 rings (SSSR count). The summed E-state index contributed by atoms with van der Waals surface area (Å²) in [4.78, 5) is 13.5. The molecule has 0 aromatic rings. The van der Waals surface area contributed by atoms with Gasteiger partial charge in [-0.2, -0.15) is 0 Å². The molecule has 4 nitrogen and oxygen atoms in total. The van der Waals surface area contributed by atoms with Crippen LogP contribution in [0.1, 0.15) is 34.1 Å². The van der Waals surface area contributed by atoms with Crippen molar-refractivity contribution < 1.29 is 9.53 Å². The van der Waals surface area contributed by atoms with Crippen LogP contribution in [0.2, 0.25) is 0 Å². The van der Waals surface area contributed by atoms with E-state index in [1.165, 1.54) is 0 Å². The number of nitrogens with zero attached hydrogens (tertiary/aromatic N) is 1. The first-order valence-corrected chi connectivity index (χ1v) is 5.68. The molecule has 4 heteroatoms. The van der Waals surface area contributed by atoms with Crippen molar-refractivity contribution in [1.29, 1.82) is 0 Å². The lowest BCUT2D eigenvalue weighted by atomic mass is 10.1. The minimum absolute atomic E-state index is 0.168. The second kappa shape index (κ2) is 7.65. The number of hydrogen-bond acceptors (Lipinski definition) is 4. The van der Waals surface area contributed by atoms with Gasteiger partial charge in [0.05, 0.1) is 13.2 Å². The molecule has 0 radical (unpaired) electrons. The highest BCUT2D eigenvalue weighted by molar-refractivity contribution is 5.71. The fourth-order valence-electron chi connectivity index (χ4n) is 1.63. The van der Waals surface area contributed by atoms with Crippen molar-refractivity contribution in [3.05, 3.63) is 0 Å². The highest BCUT2D eigenvalue weighted by atomic mass is 16.5. The number of carbonyl (C=O) groups excluding carboxylic acids is 1. The summed E-state index contributed by atoms with van der Waals surface area (Å²) in [5.41, 5.74) is 5.68. The van der Waals surface area contributed by atoms with Crippen molar-refractivity contribution in [1.82, 2.24) is 4.90 Å². The van der Waals surface area contributed by atoms with Gasteiger partial charge in [0.25, 0.3) is 0 Å². The van der Waals surface area contributed by atoms with Gasteiger partial charge in [0.1, 0.15) is 0 Å². The topological polar surface area (TPSA) is 55.6 Å². The molecule has 0 aliphatic carbocycles. The van der Waals surface area contributed by atoms with Crippen LogP contribution in [0.5, 0.6) is 0 Å². The Kier molecular flexibility index (Phi) is 7.34. The average molecular weight is 216 g/mol. The second-order valence-electron chi connectivity index (χ2n) is 3.87. The lowest BCUT2D eigenvalue weighted by Crippen LogP contribution is -2.47. The number of carbonyl (C=O) groups is 1. The Morgan fingerprint density at radius 2 is 2.00 bits per heavy atom.